The standard InChI is InChI=1S/C14H18N2O3/c1-17-11-8-9-5-7-16-10(4-6-15)12(9)14(19-3)13(11)18-2/h5,7-8H,4,6,15H2,1-3H3. The van der Waals surface area contributed by atoms with E-state index in [9.17, 15) is 0 Å². The summed E-state index contributed by atoms with van der Waals surface area (Å²) in [7, 11) is 4.80. The van der Waals surface area contributed by atoms with Crippen molar-refractivity contribution >= 4 is 10.8 Å². The zero-order valence-electron chi connectivity index (χ0n) is 11.4. The third-order valence-corrected chi connectivity index (χ3v) is 3.01. The van der Waals surface area contributed by atoms with Crippen LogP contribution >= 0.6 is 0 Å². The Morgan fingerprint density at radius 1 is 1.11 bits per heavy atom. The van der Waals surface area contributed by atoms with Gasteiger partial charge in [-0.25, -0.2) is 0 Å². The normalized spacial score (nSPS) is 10.5. The number of hydrogen-bond acceptors (Lipinski definition) is 5. The van der Waals surface area contributed by atoms with Crippen LogP contribution in [0, 0.1) is 0 Å². The molecule has 0 saturated heterocycles. The van der Waals surface area contributed by atoms with Crippen LogP contribution < -0.4 is 19.9 Å². The summed E-state index contributed by atoms with van der Waals surface area (Å²) >= 11 is 0. The van der Waals surface area contributed by atoms with E-state index in [2.05, 4.69) is 4.98 Å². The highest BCUT2D eigenvalue weighted by Gasteiger charge is 2.18. The predicted molar refractivity (Wildman–Crippen MR) is 74.2 cm³/mol. The fraction of sp³-hybridized carbons (Fsp3) is 0.357. The number of hydrogen-bond donors (Lipinski definition) is 1. The topological polar surface area (TPSA) is 66.6 Å². The fourth-order valence-electron chi connectivity index (χ4n) is 2.20. The van der Waals surface area contributed by atoms with Gasteiger partial charge in [0.25, 0.3) is 0 Å². The second kappa shape index (κ2) is 5.75. The third kappa shape index (κ3) is 2.29. The van der Waals surface area contributed by atoms with E-state index in [1.54, 1.807) is 27.5 Å². The van der Waals surface area contributed by atoms with E-state index in [1.807, 2.05) is 12.1 Å². The van der Waals surface area contributed by atoms with Crippen LogP contribution in [-0.2, 0) is 6.42 Å². The van der Waals surface area contributed by atoms with Crippen molar-refractivity contribution in [2.45, 2.75) is 6.42 Å². The Morgan fingerprint density at radius 3 is 2.42 bits per heavy atom. The van der Waals surface area contributed by atoms with Gasteiger partial charge in [0.05, 0.1) is 27.0 Å². The molecule has 0 unspecified atom stereocenters. The first kappa shape index (κ1) is 13.4. The number of aromatic nitrogens is 1. The van der Waals surface area contributed by atoms with Crippen molar-refractivity contribution in [3.05, 3.63) is 24.0 Å². The Bertz CT molecular complexity index is 584. The van der Waals surface area contributed by atoms with Gasteiger partial charge in [-0.2, -0.15) is 0 Å². The van der Waals surface area contributed by atoms with Crippen LogP contribution in [-0.4, -0.2) is 32.9 Å². The van der Waals surface area contributed by atoms with Gasteiger partial charge in [-0.3, -0.25) is 4.98 Å². The lowest BCUT2D eigenvalue weighted by atomic mass is 10.1. The minimum atomic E-state index is 0.531. The van der Waals surface area contributed by atoms with Crippen molar-refractivity contribution in [2.24, 2.45) is 5.73 Å². The smallest absolute Gasteiger partial charge is 0.204 e. The molecule has 0 aliphatic heterocycles. The van der Waals surface area contributed by atoms with E-state index in [4.69, 9.17) is 19.9 Å². The van der Waals surface area contributed by atoms with E-state index < -0.39 is 0 Å². The van der Waals surface area contributed by atoms with Crippen LogP contribution in [0.15, 0.2) is 18.3 Å². The van der Waals surface area contributed by atoms with Crippen LogP contribution in [0.5, 0.6) is 17.2 Å². The van der Waals surface area contributed by atoms with Crippen molar-refractivity contribution in [1.29, 1.82) is 0 Å². The van der Waals surface area contributed by atoms with Gasteiger partial charge in [-0.15, -0.1) is 0 Å². The number of pyridine rings is 1. The van der Waals surface area contributed by atoms with Gasteiger partial charge >= 0.3 is 0 Å². The van der Waals surface area contributed by atoms with Crippen LogP contribution in [0.25, 0.3) is 10.8 Å². The lowest BCUT2D eigenvalue weighted by molar-refractivity contribution is 0.327. The van der Waals surface area contributed by atoms with Crippen molar-refractivity contribution in [2.75, 3.05) is 27.9 Å². The van der Waals surface area contributed by atoms with E-state index in [1.165, 1.54) is 0 Å². The second-order valence-electron chi connectivity index (χ2n) is 4.04. The maximum absolute atomic E-state index is 5.63. The Kier molecular flexibility index (Phi) is 4.06. The van der Waals surface area contributed by atoms with Gasteiger partial charge < -0.3 is 19.9 Å². The van der Waals surface area contributed by atoms with E-state index in [0.717, 1.165) is 16.5 Å². The van der Waals surface area contributed by atoms with Crippen LogP contribution in [0.4, 0.5) is 0 Å². The number of ether oxygens (including phenoxy) is 3. The minimum Gasteiger partial charge on any atom is -0.493 e. The molecule has 0 aliphatic rings. The van der Waals surface area contributed by atoms with Crippen LogP contribution in [0.2, 0.25) is 0 Å². The summed E-state index contributed by atoms with van der Waals surface area (Å²) in [5, 5.41) is 1.92. The van der Waals surface area contributed by atoms with Crippen molar-refractivity contribution in [1.82, 2.24) is 4.98 Å². The summed E-state index contributed by atoms with van der Waals surface area (Å²) in [4.78, 5) is 4.38. The van der Waals surface area contributed by atoms with Gasteiger partial charge in [0.15, 0.2) is 11.5 Å². The van der Waals surface area contributed by atoms with E-state index >= 15 is 0 Å². The lowest BCUT2D eigenvalue weighted by Crippen LogP contribution is -2.06. The lowest BCUT2D eigenvalue weighted by Gasteiger charge is -2.16. The molecule has 0 spiro atoms. The summed E-state index contributed by atoms with van der Waals surface area (Å²) < 4.78 is 16.2. The molecule has 0 aliphatic carbocycles. The quantitative estimate of drug-likeness (QED) is 0.889. The first-order chi connectivity index (χ1) is 9.26. The first-order valence-corrected chi connectivity index (χ1v) is 6.03. The summed E-state index contributed by atoms with van der Waals surface area (Å²) in [5.74, 6) is 1.84. The van der Waals surface area contributed by atoms with Crippen molar-refractivity contribution in [3.63, 3.8) is 0 Å². The molecule has 0 saturated carbocycles. The van der Waals surface area contributed by atoms with E-state index in [0.29, 0.717) is 30.2 Å². The van der Waals surface area contributed by atoms with Crippen molar-refractivity contribution in [3.8, 4) is 17.2 Å². The highest BCUT2D eigenvalue weighted by molar-refractivity contribution is 5.94. The average Bonchev–Trinajstić information content (AvgIpc) is 2.45. The number of nitrogens with two attached hydrogens (primary N) is 1. The fourth-order valence-corrected chi connectivity index (χ4v) is 2.20. The maximum Gasteiger partial charge on any atom is 0.204 e. The zero-order chi connectivity index (χ0) is 13.8. The van der Waals surface area contributed by atoms with Gasteiger partial charge in [0.2, 0.25) is 5.75 Å². The van der Waals surface area contributed by atoms with Crippen LogP contribution in [0.1, 0.15) is 5.69 Å². The molecular weight excluding hydrogens is 244 g/mol. The Labute approximate surface area is 112 Å². The minimum absolute atomic E-state index is 0.531. The molecule has 102 valence electrons. The molecule has 1 aromatic heterocycles. The predicted octanol–water partition coefficient (Wildman–Crippen LogP) is 1.76. The number of nitrogens with zero attached hydrogens (tertiary/aromatic N) is 1. The molecule has 0 fully saturated rings. The van der Waals surface area contributed by atoms with Gasteiger partial charge in [0, 0.05) is 18.0 Å². The van der Waals surface area contributed by atoms with Gasteiger partial charge in [0.1, 0.15) is 0 Å². The summed E-state index contributed by atoms with van der Waals surface area (Å²) in [6.45, 7) is 0.531. The molecule has 2 rings (SSSR count). The Hall–Kier alpha value is -2.01. The third-order valence-electron chi connectivity index (χ3n) is 3.01. The van der Waals surface area contributed by atoms with Gasteiger partial charge in [-0.05, 0) is 24.1 Å². The molecule has 2 aromatic rings. The second-order valence-corrected chi connectivity index (χ2v) is 4.04. The number of methoxy groups -OCH3 is 3. The number of rotatable bonds is 5. The number of benzene rings is 1. The average molecular weight is 262 g/mol. The molecule has 5 nitrogen and oxygen atoms in total. The molecule has 0 radical (unpaired) electrons. The molecule has 0 amide bonds. The first-order valence-electron chi connectivity index (χ1n) is 6.03. The molecular formula is C14H18N2O3. The van der Waals surface area contributed by atoms with Crippen LogP contribution in [0.3, 0.4) is 0 Å². The molecule has 1 heterocycles. The summed E-state index contributed by atoms with van der Waals surface area (Å²) in [6.07, 6.45) is 2.45. The monoisotopic (exact) mass is 262 g/mol. The molecule has 0 bridgehead atoms. The zero-order valence-corrected chi connectivity index (χ0v) is 11.4. The summed E-state index contributed by atoms with van der Waals surface area (Å²) in [6, 6.07) is 3.83. The maximum atomic E-state index is 5.63. The Balaban J connectivity index is 2.82. The Morgan fingerprint density at radius 2 is 1.84 bits per heavy atom. The van der Waals surface area contributed by atoms with Gasteiger partial charge in [-0.1, -0.05) is 0 Å². The molecule has 0 atom stereocenters. The molecule has 5 heteroatoms. The van der Waals surface area contributed by atoms with E-state index in [-0.39, 0.29) is 0 Å². The number of fused-ring (bicyclic) bond motifs is 1. The molecule has 19 heavy (non-hydrogen) atoms. The van der Waals surface area contributed by atoms with Crippen molar-refractivity contribution < 1.29 is 14.2 Å². The molecule has 1 aromatic carbocycles. The highest BCUT2D eigenvalue weighted by atomic mass is 16.5. The largest absolute Gasteiger partial charge is 0.493 e. The highest BCUT2D eigenvalue weighted by Crippen LogP contribution is 2.44. The SMILES string of the molecule is COc1cc2ccnc(CCN)c2c(OC)c1OC. The molecule has 2 N–H and O–H groups in total. The summed E-state index contributed by atoms with van der Waals surface area (Å²) in [5.41, 5.74) is 6.53.